The summed E-state index contributed by atoms with van der Waals surface area (Å²) in [6.45, 7) is 7.96. The van der Waals surface area contributed by atoms with Crippen LogP contribution in [0.4, 0.5) is 0 Å². The van der Waals surface area contributed by atoms with E-state index in [2.05, 4.69) is 24.4 Å². The fourth-order valence-electron chi connectivity index (χ4n) is 2.56. The number of ketones is 1. The fourth-order valence-corrected chi connectivity index (χ4v) is 2.56. The molecule has 0 spiro atoms. The molecule has 0 saturated carbocycles. The van der Waals surface area contributed by atoms with Gasteiger partial charge in [-0.3, -0.25) is 4.79 Å². The predicted octanol–water partition coefficient (Wildman–Crippen LogP) is 4.03. The summed E-state index contributed by atoms with van der Waals surface area (Å²) in [5.41, 5.74) is 1.03. The Morgan fingerprint density at radius 2 is 1.90 bits per heavy atom. The third kappa shape index (κ3) is 5.16. The van der Waals surface area contributed by atoms with Gasteiger partial charge < -0.3 is 10.1 Å². The number of hydrogen-bond donors (Lipinski definition) is 1. The van der Waals surface area contributed by atoms with Crippen LogP contribution in [0, 0.1) is 5.41 Å². The zero-order chi connectivity index (χ0) is 16.0. The minimum atomic E-state index is -0.271. The lowest BCUT2D eigenvalue weighted by molar-refractivity contribution is -0.125. The average molecular weight is 293 g/mol. The molecule has 0 unspecified atom stereocenters. The minimum Gasteiger partial charge on any atom is -0.497 e. The van der Waals surface area contributed by atoms with Gasteiger partial charge in [0.15, 0.2) is 0 Å². The van der Waals surface area contributed by atoms with Gasteiger partial charge in [0.05, 0.1) is 7.11 Å². The second kappa shape index (κ2) is 7.60. The van der Waals surface area contributed by atoms with Crippen molar-refractivity contribution in [2.75, 3.05) is 14.2 Å². The highest BCUT2D eigenvalue weighted by molar-refractivity contribution is 5.81. The van der Waals surface area contributed by atoms with Gasteiger partial charge in [-0.25, -0.2) is 0 Å². The molecule has 2 atom stereocenters. The Kier molecular flexibility index (Phi) is 6.41. The summed E-state index contributed by atoms with van der Waals surface area (Å²) >= 11 is 0. The van der Waals surface area contributed by atoms with Crippen LogP contribution in [0.5, 0.6) is 5.75 Å². The smallest absolute Gasteiger partial charge is 0.135 e. The van der Waals surface area contributed by atoms with Crippen LogP contribution in [0.1, 0.15) is 53.4 Å². The van der Waals surface area contributed by atoms with Crippen molar-refractivity contribution in [3.05, 3.63) is 29.8 Å². The van der Waals surface area contributed by atoms with Gasteiger partial charge in [-0.2, -0.15) is 0 Å². The van der Waals surface area contributed by atoms with Crippen LogP contribution in [0.2, 0.25) is 0 Å². The van der Waals surface area contributed by atoms with Gasteiger partial charge in [0.25, 0.3) is 0 Å². The summed E-state index contributed by atoms with van der Waals surface area (Å²) in [7, 11) is 3.65. The van der Waals surface area contributed by atoms with Crippen molar-refractivity contribution in [3.63, 3.8) is 0 Å². The summed E-state index contributed by atoms with van der Waals surface area (Å²) in [5, 5.41) is 3.36. The highest BCUT2D eigenvalue weighted by Gasteiger charge is 2.28. The monoisotopic (exact) mass is 293 g/mol. The van der Waals surface area contributed by atoms with Crippen molar-refractivity contribution in [1.82, 2.24) is 5.32 Å². The molecule has 0 amide bonds. The Morgan fingerprint density at radius 3 is 2.33 bits per heavy atom. The number of methoxy groups -OCH3 is 1. The van der Waals surface area contributed by atoms with E-state index in [9.17, 15) is 4.79 Å². The van der Waals surface area contributed by atoms with Crippen LogP contribution in [0.3, 0.4) is 0 Å². The van der Waals surface area contributed by atoms with E-state index in [0.29, 0.717) is 12.0 Å². The van der Waals surface area contributed by atoms with Gasteiger partial charge in [-0.15, -0.1) is 0 Å². The van der Waals surface area contributed by atoms with E-state index in [1.54, 1.807) is 14.0 Å². The van der Waals surface area contributed by atoms with Crippen molar-refractivity contribution in [1.29, 1.82) is 0 Å². The standard InChI is InChI=1S/C18H29NO2.H2/c1-13(15-7-9-17(21-6)10-8-15)11-16(19-5)12-18(3,4)14(2)20;/h7-10,13,16,19H,11-12H2,1-6H3;1H/t13-,16+;/m1./s1. The van der Waals surface area contributed by atoms with Crippen LogP contribution in [-0.2, 0) is 4.79 Å². The first-order valence-electron chi connectivity index (χ1n) is 7.62. The zero-order valence-electron chi connectivity index (χ0n) is 14.2. The number of carbonyl (C=O) groups excluding carboxylic acids is 1. The Labute approximate surface area is 130 Å². The summed E-state index contributed by atoms with van der Waals surface area (Å²) in [4.78, 5) is 11.7. The van der Waals surface area contributed by atoms with E-state index in [4.69, 9.17) is 4.74 Å². The highest BCUT2D eigenvalue weighted by Crippen LogP contribution is 2.29. The highest BCUT2D eigenvalue weighted by atomic mass is 16.5. The maximum absolute atomic E-state index is 11.7. The molecule has 0 fully saturated rings. The Morgan fingerprint density at radius 1 is 1.33 bits per heavy atom. The molecule has 0 aliphatic carbocycles. The van der Waals surface area contributed by atoms with Crippen molar-refractivity contribution in [2.45, 2.75) is 52.5 Å². The fraction of sp³-hybridized carbons (Fsp3) is 0.611. The van der Waals surface area contributed by atoms with E-state index in [0.717, 1.165) is 18.6 Å². The SMILES string of the molecule is CN[C@@H](C[C@@H](C)c1ccc(OC)cc1)CC(C)(C)C(C)=O.[HH]. The quantitative estimate of drug-likeness (QED) is 0.786. The van der Waals surface area contributed by atoms with Gasteiger partial charge in [0.2, 0.25) is 0 Å². The van der Waals surface area contributed by atoms with Gasteiger partial charge in [-0.05, 0) is 50.4 Å². The first kappa shape index (κ1) is 17.7. The molecule has 1 aromatic rings. The Hall–Kier alpha value is -1.35. The molecule has 0 heterocycles. The summed E-state index contributed by atoms with van der Waals surface area (Å²) in [5.74, 6) is 1.57. The third-order valence-electron chi connectivity index (χ3n) is 4.44. The van der Waals surface area contributed by atoms with Crippen molar-refractivity contribution in [3.8, 4) is 5.75 Å². The first-order valence-corrected chi connectivity index (χ1v) is 7.62. The average Bonchev–Trinajstić information content (AvgIpc) is 2.46. The van der Waals surface area contributed by atoms with Gasteiger partial charge in [-0.1, -0.05) is 32.9 Å². The van der Waals surface area contributed by atoms with Crippen molar-refractivity contribution < 1.29 is 11.0 Å². The van der Waals surface area contributed by atoms with E-state index < -0.39 is 0 Å². The molecule has 3 heteroatoms. The number of hydrogen-bond acceptors (Lipinski definition) is 3. The van der Waals surface area contributed by atoms with E-state index in [-0.39, 0.29) is 12.6 Å². The minimum absolute atomic E-state index is 0. The molecule has 1 aromatic carbocycles. The van der Waals surface area contributed by atoms with Crippen molar-refractivity contribution >= 4 is 5.78 Å². The topological polar surface area (TPSA) is 38.3 Å². The van der Waals surface area contributed by atoms with E-state index >= 15 is 0 Å². The normalized spacial score (nSPS) is 14.6. The number of nitrogens with one attached hydrogen (secondary N) is 1. The van der Waals surface area contributed by atoms with E-state index in [1.807, 2.05) is 33.0 Å². The van der Waals surface area contributed by atoms with E-state index in [1.165, 1.54) is 5.56 Å². The molecule has 1 rings (SSSR count). The molecular weight excluding hydrogens is 262 g/mol. The number of benzene rings is 1. The summed E-state index contributed by atoms with van der Waals surface area (Å²) < 4.78 is 5.19. The summed E-state index contributed by atoms with van der Waals surface area (Å²) in [6.07, 6.45) is 1.87. The lowest BCUT2D eigenvalue weighted by Gasteiger charge is -2.29. The maximum atomic E-state index is 11.7. The number of rotatable bonds is 8. The Bertz CT molecular complexity index is 457. The van der Waals surface area contributed by atoms with Crippen LogP contribution < -0.4 is 10.1 Å². The molecule has 0 aromatic heterocycles. The van der Waals surface area contributed by atoms with Crippen LogP contribution >= 0.6 is 0 Å². The predicted molar refractivity (Wildman–Crippen MR) is 90.1 cm³/mol. The van der Waals surface area contributed by atoms with Crippen molar-refractivity contribution in [2.24, 2.45) is 5.41 Å². The number of carbonyl (C=O) groups is 1. The van der Waals surface area contributed by atoms with Gasteiger partial charge in [0.1, 0.15) is 11.5 Å². The van der Waals surface area contributed by atoms with Crippen LogP contribution in [0.15, 0.2) is 24.3 Å². The second-order valence-corrected chi connectivity index (χ2v) is 6.54. The number of Topliss-reactive ketones (excluding diaryl/α,β-unsaturated/α-hetero) is 1. The molecule has 21 heavy (non-hydrogen) atoms. The molecule has 0 radical (unpaired) electrons. The second-order valence-electron chi connectivity index (χ2n) is 6.54. The first-order chi connectivity index (χ1) is 9.80. The lowest BCUT2D eigenvalue weighted by atomic mass is 9.79. The van der Waals surface area contributed by atoms with Gasteiger partial charge in [0, 0.05) is 12.9 Å². The molecular formula is C18H31NO2. The molecule has 0 aliphatic rings. The van der Waals surface area contributed by atoms with Gasteiger partial charge >= 0.3 is 0 Å². The third-order valence-corrected chi connectivity index (χ3v) is 4.44. The molecule has 120 valence electrons. The van der Waals surface area contributed by atoms with Crippen LogP contribution in [-0.4, -0.2) is 26.0 Å². The molecule has 0 aliphatic heterocycles. The largest absolute Gasteiger partial charge is 0.497 e. The molecule has 0 bridgehead atoms. The summed E-state index contributed by atoms with van der Waals surface area (Å²) in [6, 6.07) is 8.57. The molecule has 3 nitrogen and oxygen atoms in total. The molecule has 1 N–H and O–H groups in total. The molecule has 0 saturated heterocycles. The maximum Gasteiger partial charge on any atom is 0.135 e. The Balaban J connectivity index is 0.00000441. The lowest BCUT2D eigenvalue weighted by Crippen LogP contribution is -2.35. The zero-order valence-corrected chi connectivity index (χ0v) is 14.2. The van der Waals surface area contributed by atoms with Crippen LogP contribution in [0.25, 0.3) is 0 Å². The number of ether oxygens (including phenoxy) is 1.